The van der Waals surface area contributed by atoms with Crippen LogP contribution in [0.5, 0.6) is 0 Å². The Morgan fingerprint density at radius 2 is 1.64 bits per heavy atom. The number of nitrogens with one attached hydrogen (secondary N) is 1. The van der Waals surface area contributed by atoms with Crippen LogP contribution < -0.4 is 5.32 Å². The van der Waals surface area contributed by atoms with Crippen LogP contribution >= 0.6 is 23.4 Å². The van der Waals surface area contributed by atoms with E-state index >= 15 is 0 Å². The van der Waals surface area contributed by atoms with Gasteiger partial charge in [-0.15, -0.1) is 11.8 Å². The first kappa shape index (κ1) is 27.8. The fraction of sp³-hybridized carbons (Fsp3) is 0.333. The average molecular weight is 523 g/mol. The van der Waals surface area contributed by atoms with Crippen LogP contribution in [0.4, 0.5) is 0 Å². The van der Waals surface area contributed by atoms with E-state index in [0.717, 1.165) is 23.3 Å². The second-order valence-electron chi connectivity index (χ2n) is 9.16. The maximum absolute atomic E-state index is 13.7. The number of carbonyl (C=O) groups excluding carboxylic acids is 2. The summed E-state index contributed by atoms with van der Waals surface area (Å²) in [7, 11) is 0. The molecule has 0 aliphatic rings. The van der Waals surface area contributed by atoms with Gasteiger partial charge in [0.2, 0.25) is 11.8 Å². The second kappa shape index (κ2) is 14.1. The smallest absolute Gasteiger partial charge is 0.243 e. The molecule has 36 heavy (non-hydrogen) atoms. The molecule has 0 aliphatic heterocycles. The Morgan fingerprint density at radius 1 is 0.944 bits per heavy atom. The highest BCUT2D eigenvalue weighted by molar-refractivity contribution is 7.99. The number of rotatable bonds is 12. The zero-order chi connectivity index (χ0) is 25.9. The first-order valence-electron chi connectivity index (χ1n) is 12.4. The van der Waals surface area contributed by atoms with Crippen LogP contribution in [0.15, 0.2) is 78.9 Å². The van der Waals surface area contributed by atoms with Gasteiger partial charge >= 0.3 is 0 Å². The molecule has 2 amide bonds. The van der Waals surface area contributed by atoms with Gasteiger partial charge < -0.3 is 10.2 Å². The van der Waals surface area contributed by atoms with Gasteiger partial charge in [-0.05, 0) is 49.1 Å². The maximum Gasteiger partial charge on any atom is 0.243 e. The molecule has 0 fully saturated rings. The van der Waals surface area contributed by atoms with Crippen molar-refractivity contribution < 1.29 is 9.59 Å². The summed E-state index contributed by atoms with van der Waals surface area (Å²) < 4.78 is 0. The van der Waals surface area contributed by atoms with Gasteiger partial charge in [-0.2, -0.15) is 0 Å². The van der Waals surface area contributed by atoms with Crippen molar-refractivity contribution in [1.82, 2.24) is 10.2 Å². The van der Waals surface area contributed by atoms with Gasteiger partial charge in [0.1, 0.15) is 6.04 Å². The molecule has 0 bridgehead atoms. The third kappa shape index (κ3) is 8.72. The Bertz CT molecular complexity index is 1140. The topological polar surface area (TPSA) is 49.4 Å². The molecular formula is C30H35ClN2O2S. The monoisotopic (exact) mass is 522 g/mol. The quantitative estimate of drug-likeness (QED) is 0.298. The second-order valence-corrected chi connectivity index (χ2v) is 10.6. The summed E-state index contributed by atoms with van der Waals surface area (Å²) in [6.45, 7) is 6.40. The van der Waals surface area contributed by atoms with Gasteiger partial charge in [0.25, 0.3) is 0 Å². The number of thioether (sulfide) groups is 1. The van der Waals surface area contributed by atoms with Crippen LogP contribution in [-0.2, 0) is 28.3 Å². The Labute approximate surface area is 224 Å². The van der Waals surface area contributed by atoms with Crippen molar-refractivity contribution in [3.63, 3.8) is 0 Å². The normalized spacial score (nSPS) is 12.6. The predicted octanol–water partition coefficient (Wildman–Crippen LogP) is 6.44. The van der Waals surface area contributed by atoms with Crippen LogP contribution in [0.3, 0.4) is 0 Å². The minimum absolute atomic E-state index is 0.0228. The highest BCUT2D eigenvalue weighted by Crippen LogP contribution is 2.20. The summed E-state index contributed by atoms with van der Waals surface area (Å²) in [6.07, 6.45) is 1.26. The van der Waals surface area contributed by atoms with E-state index in [1.54, 1.807) is 16.7 Å². The molecule has 190 valence electrons. The van der Waals surface area contributed by atoms with Crippen molar-refractivity contribution in [3.8, 4) is 0 Å². The SMILES string of the molecule is CC[C@H](C)NC(=O)[C@H](Cc1ccccc1)N(Cc1cccc(Cl)c1)C(=O)CSCc1cccc(C)c1. The number of aryl methyl sites for hydroxylation is 1. The van der Waals surface area contributed by atoms with Gasteiger partial charge in [-0.3, -0.25) is 9.59 Å². The number of carbonyl (C=O) groups is 2. The molecule has 4 nitrogen and oxygen atoms in total. The Hall–Kier alpha value is -2.76. The van der Waals surface area contributed by atoms with Crippen molar-refractivity contribution >= 4 is 35.2 Å². The van der Waals surface area contributed by atoms with Crippen LogP contribution in [0.25, 0.3) is 0 Å². The zero-order valence-electron chi connectivity index (χ0n) is 21.2. The molecule has 3 aromatic carbocycles. The summed E-state index contributed by atoms with van der Waals surface area (Å²) in [5, 5.41) is 3.71. The molecule has 0 saturated heterocycles. The van der Waals surface area contributed by atoms with Gasteiger partial charge in [0.15, 0.2) is 0 Å². The molecule has 6 heteroatoms. The summed E-state index contributed by atoms with van der Waals surface area (Å²) in [6, 6.07) is 25.1. The fourth-order valence-electron chi connectivity index (χ4n) is 3.97. The van der Waals surface area contributed by atoms with Crippen molar-refractivity contribution in [3.05, 3.63) is 106 Å². The van der Waals surface area contributed by atoms with Crippen molar-refractivity contribution in [1.29, 1.82) is 0 Å². The van der Waals surface area contributed by atoms with Gasteiger partial charge in [0.05, 0.1) is 5.75 Å². The van der Waals surface area contributed by atoms with Gasteiger partial charge in [0, 0.05) is 29.8 Å². The lowest BCUT2D eigenvalue weighted by Crippen LogP contribution is -2.52. The van der Waals surface area contributed by atoms with E-state index in [1.807, 2.05) is 74.5 Å². The van der Waals surface area contributed by atoms with E-state index in [1.165, 1.54) is 11.1 Å². The highest BCUT2D eigenvalue weighted by Gasteiger charge is 2.30. The number of hydrogen-bond donors (Lipinski definition) is 1. The number of amides is 2. The molecule has 0 spiro atoms. The van der Waals surface area contributed by atoms with Crippen molar-refractivity contribution in [2.75, 3.05) is 5.75 Å². The third-order valence-corrected chi connectivity index (χ3v) is 7.31. The average Bonchev–Trinajstić information content (AvgIpc) is 2.86. The molecule has 0 radical (unpaired) electrons. The Balaban J connectivity index is 1.85. The molecule has 2 atom stereocenters. The number of hydrogen-bond acceptors (Lipinski definition) is 3. The molecule has 0 aliphatic carbocycles. The lowest BCUT2D eigenvalue weighted by molar-refractivity contribution is -0.139. The molecule has 1 N–H and O–H groups in total. The van der Waals surface area contributed by atoms with Gasteiger partial charge in [-0.1, -0.05) is 90.8 Å². The molecule has 3 aromatic rings. The van der Waals surface area contributed by atoms with Crippen molar-refractivity contribution in [2.45, 2.75) is 58.0 Å². The number of benzene rings is 3. The summed E-state index contributed by atoms with van der Waals surface area (Å²) in [5.74, 6) is 0.831. The predicted molar refractivity (Wildman–Crippen MR) is 151 cm³/mol. The molecule has 0 saturated carbocycles. The summed E-state index contributed by atoms with van der Waals surface area (Å²) in [4.78, 5) is 28.9. The minimum Gasteiger partial charge on any atom is -0.352 e. The number of halogens is 1. The molecule has 3 rings (SSSR count). The highest BCUT2D eigenvalue weighted by atomic mass is 35.5. The summed E-state index contributed by atoms with van der Waals surface area (Å²) in [5.41, 5.74) is 4.29. The molecule has 0 unspecified atom stereocenters. The van der Waals surface area contributed by atoms with E-state index in [0.29, 0.717) is 18.0 Å². The lowest BCUT2D eigenvalue weighted by Gasteiger charge is -2.32. The fourth-order valence-corrected chi connectivity index (χ4v) is 5.04. The molecule has 0 heterocycles. The van der Waals surface area contributed by atoms with Crippen LogP contribution in [0.2, 0.25) is 5.02 Å². The van der Waals surface area contributed by atoms with Crippen molar-refractivity contribution in [2.24, 2.45) is 0 Å². The number of nitrogens with zero attached hydrogens (tertiary/aromatic N) is 1. The standard InChI is InChI=1S/C30H35ClN2O2S/c1-4-23(3)32-30(35)28(18-24-11-6-5-7-12-24)33(19-25-13-9-15-27(31)17-25)29(34)21-36-20-26-14-8-10-22(2)16-26/h5-17,23,28H,4,18-21H2,1-3H3,(H,32,35)/t23-,28-/m0/s1. The Kier molecular flexibility index (Phi) is 10.9. The van der Waals surface area contributed by atoms with Crippen LogP contribution in [0.1, 0.15) is 42.5 Å². The van der Waals surface area contributed by atoms with Gasteiger partial charge in [-0.25, -0.2) is 0 Å². The maximum atomic E-state index is 13.7. The van der Waals surface area contributed by atoms with E-state index in [4.69, 9.17) is 11.6 Å². The Morgan fingerprint density at radius 3 is 2.33 bits per heavy atom. The largest absolute Gasteiger partial charge is 0.352 e. The van der Waals surface area contributed by atoms with E-state index in [9.17, 15) is 9.59 Å². The van der Waals surface area contributed by atoms with Crippen LogP contribution in [-0.4, -0.2) is 34.6 Å². The first-order chi connectivity index (χ1) is 17.4. The summed E-state index contributed by atoms with van der Waals surface area (Å²) >= 11 is 7.81. The minimum atomic E-state index is -0.632. The lowest BCUT2D eigenvalue weighted by atomic mass is 10.0. The zero-order valence-corrected chi connectivity index (χ0v) is 22.8. The van der Waals surface area contributed by atoms with E-state index in [2.05, 4.69) is 30.4 Å². The molecular weight excluding hydrogens is 488 g/mol. The van der Waals surface area contributed by atoms with E-state index < -0.39 is 6.04 Å². The molecule has 0 aromatic heterocycles. The third-order valence-electron chi connectivity index (χ3n) is 6.09. The first-order valence-corrected chi connectivity index (χ1v) is 13.9. The van der Waals surface area contributed by atoms with E-state index in [-0.39, 0.29) is 23.6 Å². The van der Waals surface area contributed by atoms with Crippen LogP contribution in [0, 0.1) is 6.92 Å².